The van der Waals surface area contributed by atoms with Crippen LogP contribution < -0.4 is 5.32 Å². The Morgan fingerprint density at radius 1 is 0.905 bits per heavy atom. The van der Waals surface area contributed by atoms with Crippen LogP contribution in [0, 0.1) is 0 Å². The number of amides is 1. The summed E-state index contributed by atoms with van der Waals surface area (Å²) in [6.45, 7) is 0. The molecule has 0 aliphatic rings. The van der Waals surface area contributed by atoms with E-state index in [1.165, 1.54) is 11.3 Å². The molecule has 21 heavy (non-hydrogen) atoms. The van der Waals surface area contributed by atoms with Gasteiger partial charge in [-0.25, -0.2) is 0 Å². The molecule has 0 spiro atoms. The fourth-order valence-corrected chi connectivity index (χ4v) is 3.41. The molecule has 0 saturated heterocycles. The normalized spacial score (nSPS) is 10.3. The third-order valence-corrected chi connectivity index (χ3v) is 4.80. The Bertz CT molecular complexity index is 724. The number of nitrogens with one attached hydrogen (secondary N) is 1. The molecule has 0 radical (unpaired) electrons. The van der Waals surface area contributed by atoms with Crippen molar-refractivity contribution in [3.63, 3.8) is 0 Å². The van der Waals surface area contributed by atoms with Crippen LogP contribution in [0.5, 0.6) is 0 Å². The fraction of sp³-hybridized carbons (Fsp3) is 0. The van der Waals surface area contributed by atoms with Crippen molar-refractivity contribution >= 4 is 34.7 Å². The largest absolute Gasteiger partial charge is 0.320 e. The van der Waals surface area contributed by atoms with E-state index in [1.807, 2.05) is 60.0 Å². The van der Waals surface area contributed by atoms with Crippen molar-refractivity contribution in [1.82, 2.24) is 0 Å². The van der Waals surface area contributed by atoms with Crippen LogP contribution in [0.2, 0.25) is 0 Å². The van der Waals surface area contributed by atoms with Gasteiger partial charge in [-0.3, -0.25) is 4.79 Å². The number of para-hydroxylation sites is 1. The van der Waals surface area contributed by atoms with Crippen LogP contribution in [0.25, 0.3) is 0 Å². The average Bonchev–Trinajstić information content (AvgIpc) is 3.05. The van der Waals surface area contributed by atoms with Gasteiger partial charge in [-0.15, -0.1) is 11.3 Å². The predicted molar refractivity (Wildman–Crippen MR) is 89.3 cm³/mol. The lowest BCUT2D eigenvalue weighted by Crippen LogP contribution is -2.10. The van der Waals surface area contributed by atoms with Gasteiger partial charge in [0.15, 0.2) is 0 Å². The molecular weight excluding hydrogens is 298 g/mol. The second-order valence-corrected chi connectivity index (χ2v) is 6.41. The van der Waals surface area contributed by atoms with Crippen molar-refractivity contribution < 1.29 is 4.79 Å². The molecule has 3 rings (SSSR count). The Labute approximate surface area is 131 Å². The SMILES string of the molecule is O=C(Nc1ccccc1Sc1ccccc1)c1cccs1. The summed E-state index contributed by atoms with van der Waals surface area (Å²) in [5.41, 5.74) is 0.838. The maximum Gasteiger partial charge on any atom is 0.265 e. The quantitative estimate of drug-likeness (QED) is 0.722. The molecule has 1 N–H and O–H groups in total. The molecule has 1 aromatic heterocycles. The molecule has 3 aromatic rings. The second-order valence-electron chi connectivity index (χ2n) is 4.34. The van der Waals surface area contributed by atoms with Gasteiger partial charge >= 0.3 is 0 Å². The highest BCUT2D eigenvalue weighted by Gasteiger charge is 2.10. The van der Waals surface area contributed by atoms with E-state index >= 15 is 0 Å². The number of hydrogen-bond donors (Lipinski definition) is 1. The van der Waals surface area contributed by atoms with E-state index < -0.39 is 0 Å². The molecule has 2 aromatic carbocycles. The van der Waals surface area contributed by atoms with Crippen LogP contribution in [0.4, 0.5) is 5.69 Å². The molecule has 0 aliphatic heterocycles. The predicted octanol–water partition coefficient (Wildman–Crippen LogP) is 5.15. The van der Waals surface area contributed by atoms with Gasteiger partial charge in [-0.1, -0.05) is 48.2 Å². The van der Waals surface area contributed by atoms with Gasteiger partial charge in [0, 0.05) is 9.79 Å². The summed E-state index contributed by atoms with van der Waals surface area (Å²) in [6.07, 6.45) is 0. The molecule has 0 bridgehead atoms. The minimum atomic E-state index is -0.0638. The standard InChI is InChI=1S/C17H13NOS2/c19-17(16-11-6-12-20-16)18-14-9-4-5-10-15(14)21-13-7-2-1-3-8-13/h1-12H,(H,18,19). The summed E-state index contributed by atoms with van der Waals surface area (Å²) >= 11 is 3.08. The van der Waals surface area contributed by atoms with Gasteiger partial charge in [0.05, 0.1) is 10.6 Å². The van der Waals surface area contributed by atoms with Gasteiger partial charge in [0.25, 0.3) is 5.91 Å². The smallest absolute Gasteiger partial charge is 0.265 e. The monoisotopic (exact) mass is 311 g/mol. The molecule has 0 unspecified atom stereocenters. The Kier molecular flexibility index (Phi) is 4.38. The molecular formula is C17H13NOS2. The van der Waals surface area contributed by atoms with Gasteiger partial charge in [0.2, 0.25) is 0 Å². The number of carbonyl (C=O) groups excluding carboxylic acids is 1. The van der Waals surface area contributed by atoms with Crippen LogP contribution in [0.1, 0.15) is 9.67 Å². The summed E-state index contributed by atoms with van der Waals surface area (Å²) in [5.74, 6) is -0.0638. The second kappa shape index (κ2) is 6.61. The lowest BCUT2D eigenvalue weighted by Gasteiger charge is -2.10. The summed E-state index contributed by atoms with van der Waals surface area (Å²) in [7, 11) is 0. The lowest BCUT2D eigenvalue weighted by molar-refractivity contribution is 0.103. The van der Waals surface area contributed by atoms with Gasteiger partial charge in [0.1, 0.15) is 0 Å². The molecule has 104 valence electrons. The first-order valence-electron chi connectivity index (χ1n) is 6.50. The third-order valence-electron chi connectivity index (χ3n) is 2.85. The topological polar surface area (TPSA) is 29.1 Å². The molecule has 0 atom stereocenters. The molecule has 0 fully saturated rings. The average molecular weight is 311 g/mol. The van der Waals surface area contributed by atoms with Crippen molar-refractivity contribution in [1.29, 1.82) is 0 Å². The van der Waals surface area contributed by atoms with Crippen molar-refractivity contribution in [2.75, 3.05) is 5.32 Å². The number of thiophene rings is 1. The Hall–Kier alpha value is -2.04. The first-order chi connectivity index (χ1) is 10.3. The summed E-state index contributed by atoms with van der Waals surface area (Å²) < 4.78 is 0. The van der Waals surface area contributed by atoms with Crippen molar-refractivity contribution in [3.05, 3.63) is 77.0 Å². The minimum absolute atomic E-state index is 0.0638. The zero-order chi connectivity index (χ0) is 14.5. The summed E-state index contributed by atoms with van der Waals surface area (Å²) in [4.78, 5) is 15.1. The number of benzene rings is 2. The van der Waals surface area contributed by atoms with E-state index in [2.05, 4.69) is 17.4 Å². The molecule has 0 saturated carbocycles. The Morgan fingerprint density at radius 2 is 1.67 bits per heavy atom. The zero-order valence-corrected chi connectivity index (χ0v) is 12.8. The van der Waals surface area contributed by atoms with Gasteiger partial charge in [-0.05, 0) is 35.7 Å². The van der Waals surface area contributed by atoms with E-state index in [-0.39, 0.29) is 5.91 Å². The molecule has 1 heterocycles. The summed E-state index contributed by atoms with van der Waals surface area (Å²) in [5, 5.41) is 4.89. The summed E-state index contributed by atoms with van der Waals surface area (Å²) in [6, 6.07) is 21.7. The van der Waals surface area contributed by atoms with E-state index in [9.17, 15) is 4.79 Å². The van der Waals surface area contributed by atoms with E-state index in [1.54, 1.807) is 11.8 Å². The molecule has 4 heteroatoms. The number of rotatable bonds is 4. The molecule has 2 nitrogen and oxygen atoms in total. The van der Waals surface area contributed by atoms with Gasteiger partial charge in [-0.2, -0.15) is 0 Å². The highest BCUT2D eigenvalue weighted by molar-refractivity contribution is 7.99. The van der Waals surface area contributed by atoms with E-state index in [0.29, 0.717) is 0 Å². The molecule has 1 amide bonds. The highest BCUT2D eigenvalue weighted by Crippen LogP contribution is 2.33. The number of anilines is 1. The van der Waals surface area contributed by atoms with Crippen LogP contribution in [0.15, 0.2) is 81.9 Å². The van der Waals surface area contributed by atoms with Crippen LogP contribution in [-0.4, -0.2) is 5.91 Å². The Balaban J connectivity index is 1.81. The Morgan fingerprint density at radius 3 is 2.43 bits per heavy atom. The maximum absolute atomic E-state index is 12.2. The fourth-order valence-electron chi connectivity index (χ4n) is 1.87. The number of carbonyl (C=O) groups is 1. The first-order valence-corrected chi connectivity index (χ1v) is 8.19. The maximum atomic E-state index is 12.2. The van der Waals surface area contributed by atoms with Crippen LogP contribution >= 0.6 is 23.1 Å². The molecule has 0 aliphatic carbocycles. The van der Waals surface area contributed by atoms with Crippen molar-refractivity contribution in [2.24, 2.45) is 0 Å². The van der Waals surface area contributed by atoms with Crippen molar-refractivity contribution in [2.45, 2.75) is 9.79 Å². The van der Waals surface area contributed by atoms with E-state index in [0.717, 1.165) is 20.4 Å². The lowest BCUT2D eigenvalue weighted by atomic mass is 10.3. The number of hydrogen-bond acceptors (Lipinski definition) is 3. The van der Waals surface area contributed by atoms with Crippen molar-refractivity contribution in [3.8, 4) is 0 Å². The third kappa shape index (κ3) is 3.54. The van der Waals surface area contributed by atoms with Crippen LogP contribution in [-0.2, 0) is 0 Å². The zero-order valence-electron chi connectivity index (χ0n) is 11.2. The minimum Gasteiger partial charge on any atom is -0.320 e. The van der Waals surface area contributed by atoms with E-state index in [4.69, 9.17) is 0 Å². The highest BCUT2D eigenvalue weighted by atomic mass is 32.2. The van der Waals surface area contributed by atoms with Gasteiger partial charge < -0.3 is 5.32 Å². The van der Waals surface area contributed by atoms with Crippen LogP contribution in [0.3, 0.4) is 0 Å². The first kappa shape index (κ1) is 13.9.